The molecule has 0 aromatic carbocycles. The summed E-state index contributed by atoms with van der Waals surface area (Å²) in [6.07, 6.45) is 2.93. The topological polar surface area (TPSA) is 38.5 Å². The van der Waals surface area contributed by atoms with Gasteiger partial charge in [-0.15, -0.1) is 0 Å². The van der Waals surface area contributed by atoms with Crippen LogP contribution in [0.2, 0.25) is 0 Å². The Morgan fingerprint density at radius 2 is 2.07 bits per heavy atom. The lowest BCUT2D eigenvalue weighted by Crippen LogP contribution is -2.35. The molecule has 15 heavy (non-hydrogen) atoms. The van der Waals surface area contributed by atoms with Crippen LogP contribution in [-0.2, 0) is 4.74 Å². The Labute approximate surface area is 89.7 Å². The molecular weight excluding hydrogens is 195 g/mol. The fourth-order valence-electron chi connectivity index (χ4n) is 1.30. The molecule has 0 aromatic heterocycles. The van der Waals surface area contributed by atoms with E-state index in [-0.39, 0.29) is 5.83 Å². The summed E-state index contributed by atoms with van der Waals surface area (Å²) in [5, 5.41) is 0. The van der Waals surface area contributed by atoms with E-state index in [4.69, 9.17) is 10.5 Å². The zero-order valence-electron chi connectivity index (χ0n) is 9.00. The van der Waals surface area contributed by atoms with Crippen LogP contribution in [0, 0.1) is 0 Å². The summed E-state index contributed by atoms with van der Waals surface area (Å²) in [5.41, 5.74) is 6.28. The van der Waals surface area contributed by atoms with Crippen molar-refractivity contribution in [2.75, 3.05) is 26.3 Å². The Kier molecular flexibility index (Phi) is 4.37. The van der Waals surface area contributed by atoms with Crippen LogP contribution in [0.4, 0.5) is 4.39 Å². The second-order valence-electron chi connectivity index (χ2n) is 3.33. The van der Waals surface area contributed by atoms with Crippen LogP contribution in [-0.4, -0.2) is 31.2 Å². The summed E-state index contributed by atoms with van der Waals surface area (Å²) < 4.78 is 18.7. The summed E-state index contributed by atoms with van der Waals surface area (Å²) in [7, 11) is 0. The van der Waals surface area contributed by atoms with Gasteiger partial charge in [0.25, 0.3) is 0 Å². The monoisotopic (exact) mass is 212 g/mol. The summed E-state index contributed by atoms with van der Waals surface area (Å²) in [4.78, 5) is 1.86. The number of rotatable bonds is 3. The van der Waals surface area contributed by atoms with Crippen LogP contribution in [0.5, 0.6) is 0 Å². The highest BCUT2D eigenvalue weighted by Crippen LogP contribution is 2.16. The van der Waals surface area contributed by atoms with Gasteiger partial charge in [-0.1, -0.05) is 12.7 Å². The van der Waals surface area contributed by atoms with Gasteiger partial charge in [0, 0.05) is 18.8 Å². The average Bonchev–Trinajstić information content (AvgIpc) is 2.29. The molecule has 0 aliphatic carbocycles. The number of nitrogens with two attached hydrogens (primary N) is 1. The summed E-state index contributed by atoms with van der Waals surface area (Å²) in [6, 6.07) is 0. The fourth-order valence-corrected chi connectivity index (χ4v) is 1.30. The lowest BCUT2D eigenvalue weighted by Gasteiger charge is -2.29. The van der Waals surface area contributed by atoms with E-state index >= 15 is 0 Å². The predicted molar refractivity (Wildman–Crippen MR) is 58.7 cm³/mol. The first-order valence-electron chi connectivity index (χ1n) is 4.96. The molecule has 0 aromatic rings. The first-order valence-corrected chi connectivity index (χ1v) is 4.96. The lowest BCUT2D eigenvalue weighted by atomic mass is 10.2. The minimum Gasteiger partial charge on any atom is -0.399 e. The van der Waals surface area contributed by atoms with E-state index in [2.05, 4.69) is 6.58 Å². The average molecular weight is 212 g/mol. The molecule has 0 atom stereocenters. The molecule has 0 amide bonds. The molecule has 1 saturated heterocycles. The molecular formula is C11H17FN2O. The van der Waals surface area contributed by atoms with E-state index in [1.54, 1.807) is 13.0 Å². The molecule has 0 bridgehead atoms. The minimum absolute atomic E-state index is 0.378. The van der Waals surface area contributed by atoms with E-state index in [1.807, 2.05) is 4.90 Å². The third kappa shape index (κ3) is 3.40. The Morgan fingerprint density at radius 1 is 1.47 bits per heavy atom. The van der Waals surface area contributed by atoms with Gasteiger partial charge in [-0.2, -0.15) is 0 Å². The molecule has 84 valence electrons. The number of allylic oxidation sites excluding steroid dienone is 3. The highest BCUT2D eigenvalue weighted by molar-refractivity contribution is 5.28. The van der Waals surface area contributed by atoms with Crippen molar-refractivity contribution in [1.29, 1.82) is 0 Å². The molecule has 0 spiro atoms. The highest BCUT2D eigenvalue weighted by atomic mass is 19.1. The van der Waals surface area contributed by atoms with Crippen molar-refractivity contribution in [3.8, 4) is 0 Å². The van der Waals surface area contributed by atoms with Gasteiger partial charge in [0.05, 0.1) is 18.9 Å². The van der Waals surface area contributed by atoms with Crippen molar-refractivity contribution in [2.45, 2.75) is 6.92 Å². The highest BCUT2D eigenvalue weighted by Gasteiger charge is 2.14. The van der Waals surface area contributed by atoms with Gasteiger partial charge in [-0.05, 0) is 13.0 Å². The second-order valence-corrected chi connectivity index (χ2v) is 3.33. The minimum atomic E-state index is -0.382. The van der Waals surface area contributed by atoms with Crippen LogP contribution in [0.1, 0.15) is 6.92 Å². The van der Waals surface area contributed by atoms with Crippen LogP contribution in [0.25, 0.3) is 0 Å². The van der Waals surface area contributed by atoms with Gasteiger partial charge in [0.15, 0.2) is 0 Å². The molecule has 1 fully saturated rings. The zero-order chi connectivity index (χ0) is 11.3. The van der Waals surface area contributed by atoms with Gasteiger partial charge in [0.1, 0.15) is 5.83 Å². The van der Waals surface area contributed by atoms with E-state index in [9.17, 15) is 4.39 Å². The number of hydrogen-bond donors (Lipinski definition) is 1. The van der Waals surface area contributed by atoms with E-state index < -0.39 is 0 Å². The summed E-state index contributed by atoms with van der Waals surface area (Å²) >= 11 is 0. The summed E-state index contributed by atoms with van der Waals surface area (Å²) in [5.74, 6) is -0.382. The molecule has 0 unspecified atom stereocenters. The van der Waals surface area contributed by atoms with Gasteiger partial charge >= 0.3 is 0 Å². The molecule has 0 saturated carbocycles. The maximum absolute atomic E-state index is 13.6. The largest absolute Gasteiger partial charge is 0.399 e. The SMILES string of the molecule is C=C(/C(F)=C\C(N)=C/C)N1CCOCC1. The Balaban J connectivity index is 2.62. The van der Waals surface area contributed by atoms with Crippen molar-refractivity contribution >= 4 is 0 Å². The van der Waals surface area contributed by atoms with E-state index in [0.717, 1.165) is 0 Å². The maximum Gasteiger partial charge on any atom is 0.147 e. The number of nitrogens with zero attached hydrogens (tertiary/aromatic N) is 1. The van der Waals surface area contributed by atoms with Gasteiger partial charge in [-0.3, -0.25) is 0 Å². The standard InChI is InChI=1S/C11H17FN2O/c1-3-10(13)8-11(12)9(2)14-4-6-15-7-5-14/h3,8H,2,4-7,13H2,1H3/b10-3+,11-8+. The van der Waals surface area contributed by atoms with Gasteiger partial charge < -0.3 is 15.4 Å². The Hall–Kier alpha value is -1.29. The van der Waals surface area contributed by atoms with E-state index in [1.165, 1.54) is 6.08 Å². The smallest absolute Gasteiger partial charge is 0.147 e. The van der Waals surface area contributed by atoms with Crippen molar-refractivity contribution in [3.63, 3.8) is 0 Å². The van der Waals surface area contributed by atoms with Crippen molar-refractivity contribution in [3.05, 3.63) is 36.0 Å². The van der Waals surface area contributed by atoms with Crippen molar-refractivity contribution in [2.24, 2.45) is 5.73 Å². The third-order valence-corrected chi connectivity index (χ3v) is 2.30. The molecule has 1 rings (SSSR count). The fraction of sp³-hybridized carbons (Fsp3) is 0.455. The number of halogens is 1. The molecule has 1 aliphatic rings. The number of hydrogen-bond acceptors (Lipinski definition) is 3. The van der Waals surface area contributed by atoms with Crippen LogP contribution in [0.3, 0.4) is 0 Å². The van der Waals surface area contributed by atoms with Gasteiger partial charge in [-0.25, -0.2) is 4.39 Å². The molecule has 1 heterocycles. The normalized spacial score (nSPS) is 19.2. The number of ether oxygens (including phenoxy) is 1. The van der Waals surface area contributed by atoms with Gasteiger partial charge in [0.2, 0.25) is 0 Å². The molecule has 4 heteroatoms. The second kappa shape index (κ2) is 5.56. The quantitative estimate of drug-likeness (QED) is 0.721. The first kappa shape index (κ1) is 11.8. The third-order valence-electron chi connectivity index (χ3n) is 2.30. The molecule has 2 N–H and O–H groups in total. The maximum atomic E-state index is 13.6. The molecule has 0 radical (unpaired) electrons. The summed E-state index contributed by atoms with van der Waals surface area (Å²) in [6.45, 7) is 8.06. The number of morpholine rings is 1. The Bertz CT molecular complexity index is 291. The lowest BCUT2D eigenvalue weighted by molar-refractivity contribution is 0.0537. The zero-order valence-corrected chi connectivity index (χ0v) is 9.00. The van der Waals surface area contributed by atoms with E-state index in [0.29, 0.717) is 37.7 Å². The van der Waals surface area contributed by atoms with Crippen LogP contribution in [0.15, 0.2) is 36.0 Å². The molecule has 3 nitrogen and oxygen atoms in total. The van der Waals surface area contributed by atoms with Crippen LogP contribution < -0.4 is 5.73 Å². The Morgan fingerprint density at radius 3 is 2.60 bits per heavy atom. The predicted octanol–water partition coefficient (Wildman–Crippen LogP) is 1.55. The van der Waals surface area contributed by atoms with Crippen molar-refractivity contribution < 1.29 is 9.13 Å². The van der Waals surface area contributed by atoms with Crippen molar-refractivity contribution in [1.82, 2.24) is 4.90 Å². The molecule has 1 aliphatic heterocycles. The first-order chi connectivity index (χ1) is 7.15. The van der Waals surface area contributed by atoms with Crippen LogP contribution >= 0.6 is 0 Å².